The molecule has 2 fully saturated rings. The third kappa shape index (κ3) is 3.85. The number of piperidine rings is 2. The summed E-state index contributed by atoms with van der Waals surface area (Å²) in [6.45, 7) is 5.63. The molecule has 0 aromatic heterocycles. The molecule has 2 aromatic carbocycles. The molecule has 2 heterocycles. The van der Waals surface area contributed by atoms with Crippen molar-refractivity contribution in [3.63, 3.8) is 0 Å². The highest BCUT2D eigenvalue weighted by molar-refractivity contribution is 6.01. The normalized spacial score (nSPS) is 25.0. The molecule has 5 nitrogen and oxygen atoms in total. The van der Waals surface area contributed by atoms with Crippen molar-refractivity contribution in [2.45, 2.75) is 39.5 Å². The van der Waals surface area contributed by atoms with Crippen LogP contribution in [0.4, 0.5) is 0 Å². The lowest BCUT2D eigenvalue weighted by Gasteiger charge is -2.57. The van der Waals surface area contributed by atoms with Crippen LogP contribution in [0.25, 0.3) is 0 Å². The van der Waals surface area contributed by atoms with Gasteiger partial charge in [0.25, 0.3) is 11.8 Å². The largest absolute Gasteiger partial charge is 0.336 e. The van der Waals surface area contributed by atoms with Crippen molar-refractivity contribution in [3.8, 4) is 0 Å². The van der Waals surface area contributed by atoms with E-state index >= 15 is 0 Å². The molecular formula is C27H32N2O3. The van der Waals surface area contributed by atoms with Gasteiger partial charge in [0.05, 0.1) is 10.8 Å². The van der Waals surface area contributed by atoms with E-state index in [4.69, 9.17) is 0 Å². The Bertz CT molecular complexity index is 895. The molecule has 168 valence electrons. The highest BCUT2D eigenvalue weighted by Gasteiger charge is 2.60. The smallest absolute Gasteiger partial charge is 0.253 e. The first-order valence-electron chi connectivity index (χ1n) is 11.7. The zero-order valence-corrected chi connectivity index (χ0v) is 19.0. The molecule has 0 N–H and O–H groups in total. The third-order valence-corrected chi connectivity index (χ3v) is 7.01. The van der Waals surface area contributed by atoms with Gasteiger partial charge in [-0.05, 0) is 37.1 Å². The molecule has 32 heavy (non-hydrogen) atoms. The Balaban J connectivity index is 1.72. The molecule has 4 rings (SSSR count). The number of Topliss-reactive ketones (excluding diaryl/α,β-unsaturated/α-hetero) is 1. The molecule has 0 atom stereocenters. The van der Waals surface area contributed by atoms with Gasteiger partial charge < -0.3 is 9.80 Å². The number of nitrogens with zero attached hydrogens (tertiary/aromatic N) is 2. The maximum absolute atomic E-state index is 14.0. The average Bonchev–Trinajstić information content (AvgIpc) is 2.81. The summed E-state index contributed by atoms with van der Waals surface area (Å²) in [6.07, 6.45) is 3.01. The van der Waals surface area contributed by atoms with Gasteiger partial charge in [0.2, 0.25) is 0 Å². The van der Waals surface area contributed by atoms with Crippen LogP contribution in [0, 0.1) is 10.8 Å². The quantitative estimate of drug-likeness (QED) is 0.678. The second-order valence-corrected chi connectivity index (χ2v) is 9.44. The van der Waals surface area contributed by atoms with Gasteiger partial charge in [-0.3, -0.25) is 14.4 Å². The fourth-order valence-corrected chi connectivity index (χ4v) is 5.84. The summed E-state index contributed by atoms with van der Waals surface area (Å²) < 4.78 is 0. The minimum Gasteiger partial charge on any atom is -0.336 e. The molecule has 2 bridgehead atoms. The highest BCUT2D eigenvalue weighted by Crippen LogP contribution is 2.48. The number of fused-ring (bicyclic) bond motifs is 2. The number of rotatable bonds is 6. The van der Waals surface area contributed by atoms with Gasteiger partial charge >= 0.3 is 0 Å². The lowest BCUT2D eigenvalue weighted by Crippen LogP contribution is -2.71. The maximum Gasteiger partial charge on any atom is 0.253 e. The van der Waals surface area contributed by atoms with Crippen LogP contribution >= 0.6 is 0 Å². The van der Waals surface area contributed by atoms with Crippen molar-refractivity contribution in [1.82, 2.24) is 9.80 Å². The van der Waals surface area contributed by atoms with Gasteiger partial charge in [0, 0.05) is 37.3 Å². The Morgan fingerprint density at radius 3 is 1.34 bits per heavy atom. The van der Waals surface area contributed by atoms with E-state index in [0.717, 1.165) is 12.8 Å². The van der Waals surface area contributed by atoms with Gasteiger partial charge in [-0.1, -0.05) is 63.1 Å². The topological polar surface area (TPSA) is 57.7 Å². The predicted octanol–water partition coefficient (Wildman–Crippen LogP) is 4.44. The predicted molar refractivity (Wildman–Crippen MR) is 124 cm³/mol. The molecule has 0 radical (unpaired) electrons. The molecule has 0 spiro atoms. The van der Waals surface area contributed by atoms with Crippen molar-refractivity contribution < 1.29 is 14.4 Å². The van der Waals surface area contributed by atoms with E-state index in [2.05, 4.69) is 13.8 Å². The lowest BCUT2D eigenvalue weighted by molar-refractivity contribution is -0.158. The van der Waals surface area contributed by atoms with Crippen LogP contribution in [0.3, 0.4) is 0 Å². The number of hydrogen-bond acceptors (Lipinski definition) is 3. The third-order valence-electron chi connectivity index (χ3n) is 7.01. The maximum atomic E-state index is 14.0. The first-order chi connectivity index (χ1) is 15.4. The molecule has 0 saturated carbocycles. The summed E-state index contributed by atoms with van der Waals surface area (Å²) in [5, 5.41) is 0. The van der Waals surface area contributed by atoms with E-state index in [-0.39, 0.29) is 17.6 Å². The van der Waals surface area contributed by atoms with Gasteiger partial charge in [-0.15, -0.1) is 0 Å². The first-order valence-corrected chi connectivity index (χ1v) is 11.7. The molecule has 5 heteroatoms. The van der Waals surface area contributed by atoms with E-state index in [1.165, 1.54) is 0 Å². The van der Waals surface area contributed by atoms with Crippen molar-refractivity contribution in [2.24, 2.45) is 10.8 Å². The van der Waals surface area contributed by atoms with Gasteiger partial charge in [-0.25, -0.2) is 0 Å². The van der Waals surface area contributed by atoms with Crippen molar-refractivity contribution in [1.29, 1.82) is 0 Å². The summed E-state index contributed by atoms with van der Waals surface area (Å²) in [5.41, 5.74) is -0.129. The lowest BCUT2D eigenvalue weighted by atomic mass is 9.59. The monoisotopic (exact) mass is 432 g/mol. The number of likely N-dealkylation sites (tertiary alicyclic amines) is 2. The van der Waals surface area contributed by atoms with E-state index < -0.39 is 10.8 Å². The molecule has 2 saturated heterocycles. The number of hydrogen-bond donors (Lipinski definition) is 0. The van der Waals surface area contributed by atoms with Crippen LogP contribution in [0.1, 0.15) is 60.2 Å². The van der Waals surface area contributed by atoms with Crippen molar-refractivity contribution in [2.75, 3.05) is 26.2 Å². The fourth-order valence-electron chi connectivity index (χ4n) is 5.84. The number of ketones is 1. The van der Waals surface area contributed by atoms with Crippen LogP contribution in [-0.2, 0) is 4.79 Å². The van der Waals surface area contributed by atoms with Crippen LogP contribution in [0.15, 0.2) is 60.7 Å². The van der Waals surface area contributed by atoms with E-state index in [9.17, 15) is 14.4 Å². The van der Waals surface area contributed by atoms with Crippen molar-refractivity contribution in [3.05, 3.63) is 71.8 Å². The van der Waals surface area contributed by atoms with Crippen LogP contribution in [0.2, 0.25) is 0 Å². The second kappa shape index (κ2) is 8.89. The van der Waals surface area contributed by atoms with Crippen molar-refractivity contribution >= 4 is 17.6 Å². The Hall–Kier alpha value is -2.95. The molecule has 2 aliphatic rings. The molecule has 0 unspecified atom stereocenters. The first kappa shape index (κ1) is 22.3. The van der Waals surface area contributed by atoms with Gasteiger partial charge in [0.15, 0.2) is 5.78 Å². The summed E-state index contributed by atoms with van der Waals surface area (Å²) in [4.78, 5) is 44.5. The highest BCUT2D eigenvalue weighted by atomic mass is 16.2. The number of carbonyl (C=O) groups excluding carboxylic acids is 3. The zero-order chi connectivity index (χ0) is 22.8. The van der Waals surface area contributed by atoms with Crippen LogP contribution in [0.5, 0.6) is 0 Å². The second-order valence-electron chi connectivity index (χ2n) is 9.44. The summed E-state index contributed by atoms with van der Waals surface area (Å²) >= 11 is 0. The van der Waals surface area contributed by atoms with Crippen LogP contribution < -0.4 is 0 Å². The van der Waals surface area contributed by atoms with Crippen LogP contribution in [-0.4, -0.2) is 53.6 Å². The number of benzene rings is 2. The average molecular weight is 433 g/mol. The SMILES string of the molecule is CCCC12CN(C(=O)c3ccccc3)CC(CCC)(CN(C(=O)c3ccccc3)C1)C2=O. The fraction of sp³-hybridized carbons (Fsp3) is 0.444. The Morgan fingerprint density at radius 2 is 1.03 bits per heavy atom. The Kier molecular flexibility index (Phi) is 6.18. The Morgan fingerprint density at radius 1 is 0.688 bits per heavy atom. The van der Waals surface area contributed by atoms with E-state index in [1.54, 1.807) is 0 Å². The summed E-state index contributed by atoms with van der Waals surface area (Å²) in [6, 6.07) is 18.6. The van der Waals surface area contributed by atoms with Gasteiger partial charge in [0.1, 0.15) is 0 Å². The standard InChI is InChI=1S/C27H32N2O3/c1-3-15-26-17-28(23(30)21-11-7-5-8-12-21)19-27(16-4-2,25(26)32)20-29(18-26)24(31)22-13-9-6-10-14-22/h5-14H,3-4,15-20H2,1-2H3. The van der Waals surface area contributed by atoms with Gasteiger partial charge in [-0.2, -0.15) is 0 Å². The molecule has 0 aliphatic carbocycles. The summed E-state index contributed by atoms with van der Waals surface area (Å²) in [7, 11) is 0. The van der Waals surface area contributed by atoms with E-state index in [0.29, 0.717) is 50.1 Å². The molecule has 2 amide bonds. The Labute approximate surface area is 190 Å². The number of carbonyl (C=O) groups is 3. The minimum atomic E-state index is -0.713. The van der Waals surface area contributed by atoms with E-state index in [1.807, 2.05) is 70.5 Å². The minimum absolute atomic E-state index is 0.0260. The zero-order valence-electron chi connectivity index (χ0n) is 19.0. The number of amides is 2. The summed E-state index contributed by atoms with van der Waals surface area (Å²) in [5.74, 6) is 0.201. The molecular weight excluding hydrogens is 400 g/mol. The molecule has 2 aliphatic heterocycles. The molecule has 2 aromatic rings.